The molecule has 0 unspecified atom stereocenters. The van der Waals surface area contributed by atoms with E-state index in [1.54, 1.807) is 12.1 Å². The summed E-state index contributed by atoms with van der Waals surface area (Å²) in [5.74, 6) is 0.811. The lowest BCUT2D eigenvalue weighted by Gasteiger charge is -2.34. The Bertz CT molecular complexity index is 1290. The summed E-state index contributed by atoms with van der Waals surface area (Å²) < 4.78 is 13.3. The number of aromatic carboxylic acids is 1. The van der Waals surface area contributed by atoms with E-state index >= 15 is 0 Å². The third kappa shape index (κ3) is 4.34. The number of hydrogen-bond acceptors (Lipinski definition) is 5. The second-order valence-corrected chi connectivity index (χ2v) is 11.6. The quantitative estimate of drug-likeness (QED) is 0.285. The van der Waals surface area contributed by atoms with Gasteiger partial charge in [0.25, 0.3) is 0 Å². The Hall–Kier alpha value is -1.81. The summed E-state index contributed by atoms with van der Waals surface area (Å²) in [5, 5.41) is 14.7. The topological polar surface area (TPSA) is 75.8 Å². The predicted octanol–water partition coefficient (Wildman–Crippen LogP) is 7.01. The highest BCUT2D eigenvalue weighted by molar-refractivity contribution is 14.1. The third-order valence-electron chi connectivity index (χ3n) is 7.39. The number of ether oxygens (including phenoxy) is 1. The summed E-state index contributed by atoms with van der Waals surface area (Å²) in [7, 11) is 0. The lowest BCUT2D eigenvalue weighted by Crippen LogP contribution is -2.39. The zero-order chi connectivity index (χ0) is 24.3. The molecule has 182 valence electrons. The molecule has 1 aliphatic heterocycles. The largest absolute Gasteiger partial charge is 0.478 e. The molecule has 0 radical (unpaired) electrons. The van der Waals surface area contributed by atoms with Gasteiger partial charge in [0.15, 0.2) is 0 Å². The lowest BCUT2D eigenvalue weighted by atomic mass is 10.0. The number of fused-ring (bicyclic) bond motifs is 2. The summed E-state index contributed by atoms with van der Waals surface area (Å²) in [4.78, 5) is 13.7. The van der Waals surface area contributed by atoms with Crippen molar-refractivity contribution in [2.75, 3.05) is 11.4 Å². The van der Waals surface area contributed by atoms with Crippen LogP contribution in [0.2, 0.25) is 10.0 Å². The van der Waals surface area contributed by atoms with Crippen LogP contribution in [0.15, 0.2) is 40.9 Å². The molecule has 2 heterocycles. The zero-order valence-corrected chi connectivity index (χ0v) is 22.4. The van der Waals surface area contributed by atoms with Gasteiger partial charge in [-0.2, -0.15) is 0 Å². The maximum Gasteiger partial charge on any atom is 0.335 e. The summed E-state index contributed by atoms with van der Waals surface area (Å²) >= 11 is 15.2. The number of halogens is 3. The first kappa shape index (κ1) is 23.6. The van der Waals surface area contributed by atoms with Crippen LogP contribution in [0.4, 0.5) is 5.69 Å². The van der Waals surface area contributed by atoms with Crippen molar-refractivity contribution in [1.82, 2.24) is 5.16 Å². The minimum Gasteiger partial charge on any atom is -0.478 e. The van der Waals surface area contributed by atoms with Gasteiger partial charge in [-0.1, -0.05) is 34.4 Å². The Morgan fingerprint density at radius 1 is 1.20 bits per heavy atom. The third-order valence-corrected chi connectivity index (χ3v) is 8.88. The molecule has 1 aromatic heterocycles. The average molecular weight is 625 g/mol. The molecule has 1 saturated heterocycles. The van der Waals surface area contributed by atoms with Crippen molar-refractivity contribution in [3.05, 3.63) is 66.9 Å². The fourth-order valence-electron chi connectivity index (χ4n) is 5.52. The molecule has 6 nitrogen and oxygen atoms in total. The van der Waals surface area contributed by atoms with Crippen molar-refractivity contribution in [3.8, 4) is 11.3 Å². The molecule has 2 aromatic carbocycles. The first-order valence-electron chi connectivity index (χ1n) is 11.7. The molecule has 2 bridgehead atoms. The number of carbonyl (C=O) groups is 1. The van der Waals surface area contributed by atoms with Crippen LogP contribution in [0.5, 0.6) is 0 Å². The van der Waals surface area contributed by atoms with E-state index in [4.69, 9.17) is 32.5 Å². The van der Waals surface area contributed by atoms with Gasteiger partial charge < -0.3 is 19.3 Å². The SMILES string of the molecule is O=C(O)c1ccc(N2C[C@@H]3C[C@H]2C[C@H]3OCc2c(-c3c(Cl)cccc3Cl)noc2C2CC2)c(I)c1. The fourth-order valence-corrected chi connectivity index (χ4v) is 6.92. The van der Waals surface area contributed by atoms with Crippen LogP contribution in [0.1, 0.15) is 53.3 Å². The van der Waals surface area contributed by atoms with Crippen LogP contribution in [-0.4, -0.2) is 34.9 Å². The molecule has 6 rings (SSSR count). The molecule has 3 atom stereocenters. The number of hydrogen-bond donors (Lipinski definition) is 1. The Balaban J connectivity index is 1.19. The van der Waals surface area contributed by atoms with Gasteiger partial charge in [0.2, 0.25) is 0 Å². The van der Waals surface area contributed by atoms with Crippen LogP contribution in [-0.2, 0) is 11.3 Å². The maximum atomic E-state index is 11.3. The second kappa shape index (κ2) is 9.25. The van der Waals surface area contributed by atoms with Crippen LogP contribution >= 0.6 is 45.8 Å². The first-order chi connectivity index (χ1) is 16.9. The molecule has 3 fully saturated rings. The van der Waals surface area contributed by atoms with Crippen LogP contribution in [0, 0.1) is 9.49 Å². The van der Waals surface area contributed by atoms with E-state index in [0.717, 1.165) is 52.8 Å². The number of carboxylic acid groups (broad SMARTS) is 1. The molecule has 2 aliphatic carbocycles. The van der Waals surface area contributed by atoms with E-state index in [0.29, 0.717) is 51.4 Å². The molecule has 1 N–H and O–H groups in total. The number of piperidine rings is 1. The van der Waals surface area contributed by atoms with Crippen molar-refractivity contribution in [3.63, 3.8) is 0 Å². The monoisotopic (exact) mass is 624 g/mol. The van der Waals surface area contributed by atoms with Gasteiger partial charge in [0.1, 0.15) is 11.5 Å². The van der Waals surface area contributed by atoms with E-state index in [1.807, 2.05) is 24.3 Å². The molecular formula is C26H23Cl2IN2O4. The number of aromatic nitrogens is 1. The lowest BCUT2D eigenvalue weighted by molar-refractivity contribution is 0.0122. The number of benzene rings is 2. The average Bonchev–Trinajstić information content (AvgIpc) is 3.28. The molecule has 3 aliphatic rings. The molecule has 0 spiro atoms. The van der Waals surface area contributed by atoms with Crippen LogP contribution in [0.25, 0.3) is 11.3 Å². The van der Waals surface area contributed by atoms with Gasteiger partial charge in [0.05, 0.1) is 34.0 Å². The zero-order valence-electron chi connectivity index (χ0n) is 18.7. The normalized spacial score (nSPS) is 23.3. The van der Waals surface area contributed by atoms with Gasteiger partial charge in [-0.05, 0) is 78.6 Å². The summed E-state index contributed by atoms with van der Waals surface area (Å²) in [6.45, 7) is 1.32. The highest BCUT2D eigenvalue weighted by Gasteiger charge is 2.46. The Labute approximate surface area is 226 Å². The van der Waals surface area contributed by atoms with Crippen molar-refractivity contribution >= 4 is 57.4 Å². The molecule has 9 heteroatoms. The highest BCUT2D eigenvalue weighted by atomic mass is 127. The van der Waals surface area contributed by atoms with Crippen LogP contribution in [0.3, 0.4) is 0 Å². The smallest absolute Gasteiger partial charge is 0.335 e. The van der Waals surface area contributed by atoms with Gasteiger partial charge in [-0.3, -0.25) is 0 Å². The Morgan fingerprint density at radius 2 is 1.97 bits per heavy atom. The molecular weight excluding hydrogens is 602 g/mol. The van der Waals surface area contributed by atoms with E-state index in [2.05, 4.69) is 32.6 Å². The number of carboxylic acids is 1. The van der Waals surface area contributed by atoms with E-state index < -0.39 is 5.97 Å². The van der Waals surface area contributed by atoms with E-state index in [9.17, 15) is 9.90 Å². The number of rotatable bonds is 7. The molecule has 3 aromatic rings. The Morgan fingerprint density at radius 3 is 2.60 bits per heavy atom. The summed E-state index contributed by atoms with van der Waals surface area (Å²) in [6.07, 6.45) is 4.36. The van der Waals surface area contributed by atoms with Gasteiger partial charge in [-0.25, -0.2) is 4.79 Å². The summed E-state index contributed by atoms with van der Waals surface area (Å²) in [6, 6.07) is 11.2. The van der Waals surface area contributed by atoms with Gasteiger partial charge >= 0.3 is 5.97 Å². The first-order valence-corrected chi connectivity index (χ1v) is 13.6. The van der Waals surface area contributed by atoms with E-state index in [-0.39, 0.29) is 6.10 Å². The fraction of sp³-hybridized carbons (Fsp3) is 0.385. The van der Waals surface area contributed by atoms with Crippen molar-refractivity contribution in [2.24, 2.45) is 5.92 Å². The van der Waals surface area contributed by atoms with Crippen LogP contribution < -0.4 is 4.90 Å². The number of anilines is 1. The predicted molar refractivity (Wildman–Crippen MR) is 142 cm³/mol. The molecule has 35 heavy (non-hydrogen) atoms. The minimum absolute atomic E-state index is 0.156. The van der Waals surface area contributed by atoms with Gasteiger partial charge in [0, 0.05) is 39.1 Å². The highest BCUT2D eigenvalue weighted by Crippen LogP contribution is 2.47. The number of nitrogens with zero attached hydrogens (tertiary/aromatic N) is 2. The van der Waals surface area contributed by atoms with Crippen molar-refractivity contribution < 1.29 is 19.2 Å². The van der Waals surface area contributed by atoms with E-state index in [1.165, 1.54) is 0 Å². The molecule has 0 amide bonds. The maximum absolute atomic E-state index is 11.3. The second-order valence-electron chi connectivity index (χ2n) is 9.60. The summed E-state index contributed by atoms with van der Waals surface area (Å²) in [5.41, 5.74) is 3.76. The minimum atomic E-state index is -0.900. The van der Waals surface area contributed by atoms with Crippen molar-refractivity contribution in [2.45, 2.75) is 50.4 Å². The standard InChI is InChI=1S/C26H23Cl2IN2O4/c27-18-2-1-3-19(28)23(18)24-17(25(35-30-24)13-4-5-13)12-34-22-10-16-8-15(22)11-31(16)21-7-6-14(26(32)33)9-20(21)29/h1-3,6-7,9,13,15-16,22H,4-5,8,10-12H2,(H,32,33)/t15-,16-,22+/m0/s1. The molecule has 2 saturated carbocycles. The van der Waals surface area contributed by atoms with Gasteiger partial charge in [-0.15, -0.1) is 0 Å². The van der Waals surface area contributed by atoms with Crippen molar-refractivity contribution in [1.29, 1.82) is 0 Å². The Kier molecular flexibility index (Phi) is 6.23.